The number of furan rings is 1. The molecule has 1 aliphatic heterocycles. The number of nitrogens with zero attached hydrogens (tertiary/aromatic N) is 1. The van der Waals surface area contributed by atoms with Gasteiger partial charge in [-0.1, -0.05) is 40.7 Å². The van der Waals surface area contributed by atoms with E-state index in [9.17, 15) is 10.1 Å². The molecule has 39 heavy (non-hydrogen) atoms. The number of halogens is 1. The molecule has 1 unspecified atom stereocenters. The number of aryl methyl sites for hydroxylation is 1. The van der Waals surface area contributed by atoms with Crippen LogP contribution in [0.1, 0.15) is 33.2 Å². The van der Waals surface area contributed by atoms with Crippen LogP contribution in [0, 0.1) is 18.3 Å². The van der Waals surface area contributed by atoms with E-state index in [2.05, 4.69) is 28.6 Å². The van der Waals surface area contributed by atoms with Gasteiger partial charge in [0.25, 0.3) is 0 Å². The number of benzene rings is 3. The highest BCUT2D eigenvalue weighted by Crippen LogP contribution is 2.45. The topological polar surface area (TPSA) is 117 Å². The average molecular weight is 587 g/mol. The number of rotatable bonds is 7. The van der Waals surface area contributed by atoms with Crippen LogP contribution in [0.25, 0.3) is 11.0 Å². The summed E-state index contributed by atoms with van der Waals surface area (Å²) < 4.78 is 29.2. The molecular weight excluding hydrogens is 564 g/mol. The molecule has 2 N–H and O–H groups in total. The number of fused-ring (bicyclic) bond motifs is 2. The minimum Gasteiger partial charge on any atom is -0.493 e. The third kappa shape index (κ3) is 4.82. The van der Waals surface area contributed by atoms with E-state index in [0.29, 0.717) is 40.6 Å². The number of carbonyl (C=O) groups excluding carboxylic acids is 1. The molecule has 0 radical (unpaired) electrons. The number of nitriles is 1. The van der Waals surface area contributed by atoms with E-state index in [-0.39, 0.29) is 23.0 Å². The Kier molecular flexibility index (Phi) is 7.05. The first kappa shape index (κ1) is 25.9. The molecule has 0 saturated carbocycles. The monoisotopic (exact) mass is 586 g/mol. The lowest BCUT2D eigenvalue weighted by Gasteiger charge is -2.27. The molecule has 0 amide bonds. The fourth-order valence-corrected chi connectivity index (χ4v) is 4.88. The molecule has 9 heteroatoms. The Morgan fingerprint density at radius 2 is 2.00 bits per heavy atom. The molecule has 1 aromatic heterocycles. The van der Waals surface area contributed by atoms with E-state index in [1.807, 2.05) is 18.2 Å². The highest BCUT2D eigenvalue weighted by Gasteiger charge is 2.32. The van der Waals surface area contributed by atoms with Crippen molar-refractivity contribution >= 4 is 32.9 Å². The van der Waals surface area contributed by atoms with Crippen molar-refractivity contribution in [2.24, 2.45) is 5.73 Å². The lowest BCUT2D eigenvalue weighted by Crippen LogP contribution is -2.21. The third-order valence-corrected chi connectivity index (χ3v) is 6.86. The minimum atomic E-state index is -0.645. The van der Waals surface area contributed by atoms with Crippen molar-refractivity contribution < 1.29 is 28.2 Å². The third-order valence-electron chi connectivity index (χ3n) is 6.36. The maximum Gasteiger partial charge on any atom is 0.379 e. The molecular formula is C30H23BrN2O6. The fourth-order valence-electron chi connectivity index (χ4n) is 4.52. The molecule has 3 aromatic carbocycles. The van der Waals surface area contributed by atoms with Crippen molar-refractivity contribution in [1.29, 1.82) is 5.26 Å². The van der Waals surface area contributed by atoms with Gasteiger partial charge in [-0.05, 0) is 48.9 Å². The minimum absolute atomic E-state index is 0.0388. The molecule has 0 spiro atoms. The summed E-state index contributed by atoms with van der Waals surface area (Å²) >= 11 is 3.44. The van der Waals surface area contributed by atoms with Gasteiger partial charge in [-0.25, -0.2) is 4.79 Å². The molecule has 8 nitrogen and oxygen atoms in total. The van der Waals surface area contributed by atoms with Crippen molar-refractivity contribution in [3.63, 3.8) is 0 Å². The van der Waals surface area contributed by atoms with Crippen molar-refractivity contribution in [1.82, 2.24) is 0 Å². The lowest BCUT2D eigenvalue weighted by atomic mass is 9.83. The van der Waals surface area contributed by atoms with E-state index >= 15 is 0 Å². The Bertz CT molecular complexity index is 1700. The van der Waals surface area contributed by atoms with Gasteiger partial charge in [-0.15, -0.1) is 0 Å². The van der Waals surface area contributed by atoms with Crippen molar-refractivity contribution in [2.45, 2.75) is 12.8 Å². The lowest BCUT2D eigenvalue weighted by molar-refractivity contribution is 0.0702. The predicted molar refractivity (Wildman–Crippen MR) is 148 cm³/mol. The Morgan fingerprint density at radius 1 is 1.18 bits per heavy atom. The second kappa shape index (κ2) is 10.6. The van der Waals surface area contributed by atoms with Crippen LogP contribution in [-0.2, 0) is 0 Å². The number of nitrogens with two attached hydrogens (primary N) is 1. The van der Waals surface area contributed by atoms with Crippen molar-refractivity contribution in [3.05, 3.63) is 106 Å². The zero-order chi connectivity index (χ0) is 27.7. The van der Waals surface area contributed by atoms with Gasteiger partial charge in [0.15, 0.2) is 11.5 Å². The largest absolute Gasteiger partial charge is 0.493 e. The second-order valence-electron chi connectivity index (χ2n) is 8.72. The number of esters is 1. The van der Waals surface area contributed by atoms with Crippen LogP contribution in [0.4, 0.5) is 0 Å². The summed E-state index contributed by atoms with van der Waals surface area (Å²) in [5, 5.41) is 10.7. The van der Waals surface area contributed by atoms with Crippen molar-refractivity contribution in [3.8, 4) is 29.1 Å². The SMILES string of the molecule is C=CCOc1ccc(C2C(C#N)=C(N)Oc3cc(OC(=O)c4oc5ccc(Br)cc5c4C)ccc32)cc1OC. The summed E-state index contributed by atoms with van der Waals surface area (Å²) in [5.74, 6) is 0.516. The van der Waals surface area contributed by atoms with E-state index in [1.165, 1.54) is 7.11 Å². The summed E-state index contributed by atoms with van der Waals surface area (Å²) in [5.41, 5.74) is 9.08. The molecule has 4 aromatic rings. The maximum atomic E-state index is 13.0. The number of hydrogen-bond acceptors (Lipinski definition) is 8. The average Bonchev–Trinajstić information content (AvgIpc) is 3.26. The zero-order valence-electron chi connectivity index (χ0n) is 21.1. The van der Waals surface area contributed by atoms with Gasteiger partial charge in [0.1, 0.15) is 35.3 Å². The molecule has 0 saturated heterocycles. The highest BCUT2D eigenvalue weighted by molar-refractivity contribution is 9.10. The van der Waals surface area contributed by atoms with E-state index in [0.717, 1.165) is 15.4 Å². The number of carbonyl (C=O) groups is 1. The van der Waals surface area contributed by atoms with Crippen LogP contribution in [0.2, 0.25) is 0 Å². The molecule has 5 rings (SSSR count). The first-order valence-electron chi connectivity index (χ1n) is 11.9. The number of methoxy groups -OCH3 is 1. The Balaban J connectivity index is 1.48. The maximum absolute atomic E-state index is 13.0. The molecule has 0 fully saturated rings. The molecule has 0 bridgehead atoms. The van der Waals surface area contributed by atoms with E-state index in [1.54, 1.807) is 49.4 Å². The summed E-state index contributed by atoms with van der Waals surface area (Å²) in [6.07, 6.45) is 1.64. The Morgan fingerprint density at radius 3 is 2.74 bits per heavy atom. The van der Waals surface area contributed by atoms with Gasteiger partial charge in [0.2, 0.25) is 11.6 Å². The van der Waals surface area contributed by atoms with Gasteiger partial charge < -0.3 is 29.1 Å². The molecule has 196 valence electrons. The van der Waals surface area contributed by atoms with Gasteiger partial charge in [0, 0.05) is 27.1 Å². The van der Waals surface area contributed by atoms with Gasteiger partial charge >= 0.3 is 5.97 Å². The standard InChI is InChI=1S/C30H23BrN2O6/c1-4-11-36-24-9-5-17(12-26(24)35-3)27-20-8-7-19(14-25(20)39-29(33)22(27)15-32)37-30(34)28-16(2)21-13-18(31)6-10-23(21)38-28/h4-10,12-14,27H,1,11,33H2,2-3H3. The summed E-state index contributed by atoms with van der Waals surface area (Å²) in [6.45, 7) is 5.78. The smallest absolute Gasteiger partial charge is 0.379 e. The van der Waals surface area contributed by atoms with Gasteiger partial charge in [-0.2, -0.15) is 5.26 Å². The van der Waals surface area contributed by atoms with Crippen LogP contribution < -0.4 is 24.7 Å². The summed E-state index contributed by atoms with van der Waals surface area (Å²) in [4.78, 5) is 13.0. The van der Waals surface area contributed by atoms with Gasteiger partial charge in [0.05, 0.1) is 13.0 Å². The van der Waals surface area contributed by atoms with Gasteiger partial charge in [-0.3, -0.25) is 0 Å². The van der Waals surface area contributed by atoms with Crippen molar-refractivity contribution in [2.75, 3.05) is 13.7 Å². The Hall–Kier alpha value is -4.68. The van der Waals surface area contributed by atoms with E-state index < -0.39 is 11.9 Å². The highest BCUT2D eigenvalue weighted by atomic mass is 79.9. The normalized spacial score (nSPS) is 14.3. The first-order valence-corrected chi connectivity index (χ1v) is 12.7. The molecule has 1 atom stereocenters. The molecule has 2 heterocycles. The zero-order valence-corrected chi connectivity index (χ0v) is 22.7. The molecule has 1 aliphatic rings. The number of allylic oxidation sites excluding steroid dienone is 1. The number of hydrogen-bond donors (Lipinski definition) is 1. The fraction of sp³-hybridized carbons (Fsp3) is 0.133. The Labute approximate surface area is 233 Å². The number of ether oxygens (including phenoxy) is 4. The predicted octanol–water partition coefficient (Wildman–Crippen LogP) is 6.51. The summed E-state index contributed by atoms with van der Waals surface area (Å²) in [7, 11) is 1.54. The summed E-state index contributed by atoms with van der Waals surface area (Å²) in [6, 6.07) is 18.0. The van der Waals surface area contributed by atoms with Crippen LogP contribution in [0.3, 0.4) is 0 Å². The first-order chi connectivity index (χ1) is 18.8. The van der Waals surface area contributed by atoms with Crippen LogP contribution in [0.5, 0.6) is 23.0 Å². The van der Waals surface area contributed by atoms with Crippen LogP contribution >= 0.6 is 15.9 Å². The molecule has 0 aliphatic carbocycles. The second-order valence-corrected chi connectivity index (χ2v) is 9.64. The van der Waals surface area contributed by atoms with E-state index in [4.69, 9.17) is 29.1 Å². The van der Waals surface area contributed by atoms with Crippen LogP contribution in [0.15, 0.2) is 87.6 Å². The van der Waals surface area contributed by atoms with Crippen LogP contribution in [-0.4, -0.2) is 19.7 Å². The quantitative estimate of drug-likeness (QED) is 0.148.